The first-order valence-electron chi connectivity index (χ1n) is 8.26. The van der Waals surface area contributed by atoms with Crippen LogP contribution in [-0.2, 0) is 19.1 Å². The minimum absolute atomic E-state index is 0.209. The van der Waals surface area contributed by atoms with Crippen molar-refractivity contribution in [3.63, 3.8) is 0 Å². The number of cyclic esters (lactones) is 2. The Kier molecular flexibility index (Phi) is 2.60. The molecule has 4 saturated carbocycles. The van der Waals surface area contributed by atoms with Gasteiger partial charge < -0.3 is 9.47 Å². The van der Waals surface area contributed by atoms with Gasteiger partial charge in [-0.25, -0.2) is 0 Å². The topological polar surface area (TPSA) is 52.6 Å². The second kappa shape index (κ2) is 4.02. The second-order valence-corrected chi connectivity index (χ2v) is 8.30. The second-order valence-electron chi connectivity index (χ2n) is 8.30. The molecule has 5 rings (SSSR count). The van der Waals surface area contributed by atoms with Gasteiger partial charge >= 0.3 is 11.9 Å². The van der Waals surface area contributed by atoms with Crippen LogP contribution in [0.15, 0.2) is 0 Å². The highest BCUT2D eigenvalue weighted by molar-refractivity contribution is 5.97. The van der Waals surface area contributed by atoms with Gasteiger partial charge in [-0.2, -0.15) is 0 Å². The Labute approximate surface area is 125 Å². The molecule has 4 bridgehead atoms. The Bertz CT molecular complexity index is 475. The van der Waals surface area contributed by atoms with Crippen molar-refractivity contribution in [2.45, 2.75) is 58.7 Å². The molecule has 5 aliphatic rings. The first-order chi connectivity index (χ1) is 9.81. The van der Waals surface area contributed by atoms with E-state index in [1.165, 1.54) is 19.3 Å². The first-order valence-corrected chi connectivity index (χ1v) is 8.26. The molecule has 1 heterocycles. The first kappa shape index (κ1) is 13.6. The maximum absolute atomic E-state index is 12.6. The highest BCUT2D eigenvalue weighted by atomic mass is 16.7. The molecule has 0 spiro atoms. The molecule has 3 atom stereocenters. The zero-order valence-electron chi connectivity index (χ0n) is 13.1. The van der Waals surface area contributed by atoms with Gasteiger partial charge in [0.15, 0.2) is 5.92 Å². The van der Waals surface area contributed by atoms with Crippen molar-refractivity contribution in [2.75, 3.05) is 0 Å². The molecule has 0 radical (unpaired) electrons. The van der Waals surface area contributed by atoms with Crippen LogP contribution in [0, 0.1) is 35.0 Å². The van der Waals surface area contributed by atoms with E-state index >= 15 is 0 Å². The Hall–Kier alpha value is -1.06. The summed E-state index contributed by atoms with van der Waals surface area (Å²) in [5.74, 6) is -0.0631. The molecule has 4 aliphatic carbocycles. The molecule has 4 nitrogen and oxygen atoms in total. The number of rotatable bonds is 1. The summed E-state index contributed by atoms with van der Waals surface area (Å²) in [7, 11) is 0. The molecule has 0 amide bonds. The van der Waals surface area contributed by atoms with Gasteiger partial charge in [-0.3, -0.25) is 9.59 Å². The average Bonchev–Trinajstić information content (AvgIpc) is 2.32. The van der Waals surface area contributed by atoms with Crippen LogP contribution in [0.2, 0.25) is 0 Å². The van der Waals surface area contributed by atoms with Gasteiger partial charge in [-0.1, -0.05) is 6.92 Å². The van der Waals surface area contributed by atoms with Crippen molar-refractivity contribution in [3.05, 3.63) is 0 Å². The molecule has 5 fully saturated rings. The maximum atomic E-state index is 12.6. The number of hydrogen-bond donors (Lipinski definition) is 0. The summed E-state index contributed by atoms with van der Waals surface area (Å²) in [5.41, 5.74) is -0.209. The molecular formula is C17H24O4. The number of carbonyl (C=O) groups excluding carboxylic acids is 2. The molecule has 0 aromatic carbocycles. The lowest BCUT2D eigenvalue weighted by atomic mass is 9.42. The van der Waals surface area contributed by atoms with Gasteiger partial charge in [0.05, 0.1) is 0 Å². The minimum atomic E-state index is -1.11. The molecule has 0 aromatic heterocycles. The van der Waals surface area contributed by atoms with Crippen LogP contribution >= 0.6 is 0 Å². The van der Waals surface area contributed by atoms with Gasteiger partial charge in [0, 0.05) is 13.8 Å². The molecule has 21 heavy (non-hydrogen) atoms. The quantitative estimate of drug-likeness (QED) is 0.551. The van der Waals surface area contributed by atoms with Crippen molar-refractivity contribution in [2.24, 2.45) is 35.0 Å². The van der Waals surface area contributed by atoms with Gasteiger partial charge in [0.25, 0.3) is 5.79 Å². The van der Waals surface area contributed by atoms with Gasteiger partial charge in [-0.15, -0.1) is 0 Å². The van der Waals surface area contributed by atoms with Crippen LogP contribution in [0.4, 0.5) is 0 Å². The number of carbonyl (C=O) groups is 2. The van der Waals surface area contributed by atoms with Crippen molar-refractivity contribution >= 4 is 11.9 Å². The summed E-state index contributed by atoms with van der Waals surface area (Å²) in [6.07, 6.45) is 5.84. The van der Waals surface area contributed by atoms with E-state index in [1.54, 1.807) is 13.8 Å². The summed E-state index contributed by atoms with van der Waals surface area (Å²) in [5, 5.41) is 0. The van der Waals surface area contributed by atoms with Crippen LogP contribution in [-0.4, -0.2) is 17.7 Å². The van der Waals surface area contributed by atoms with Crippen LogP contribution in [0.25, 0.3) is 0 Å². The number of ether oxygens (including phenoxy) is 2. The van der Waals surface area contributed by atoms with Gasteiger partial charge in [0.1, 0.15) is 0 Å². The van der Waals surface area contributed by atoms with Gasteiger partial charge in [-0.05, 0) is 61.2 Å². The van der Waals surface area contributed by atoms with Crippen molar-refractivity contribution in [1.82, 2.24) is 0 Å². The van der Waals surface area contributed by atoms with Crippen molar-refractivity contribution in [1.29, 1.82) is 0 Å². The molecule has 0 aromatic rings. The van der Waals surface area contributed by atoms with E-state index in [9.17, 15) is 9.59 Å². The van der Waals surface area contributed by atoms with Crippen LogP contribution < -0.4 is 0 Å². The lowest BCUT2D eigenvalue weighted by molar-refractivity contribution is -0.256. The summed E-state index contributed by atoms with van der Waals surface area (Å²) in [6, 6.07) is 0. The monoisotopic (exact) mass is 292 g/mol. The van der Waals surface area contributed by atoms with Crippen LogP contribution in [0.1, 0.15) is 52.9 Å². The Morgan fingerprint density at radius 3 is 2.00 bits per heavy atom. The number of hydrogen-bond acceptors (Lipinski definition) is 4. The predicted octanol–water partition coefficient (Wildman–Crippen LogP) is 2.90. The molecule has 1 aliphatic heterocycles. The third-order valence-corrected chi connectivity index (χ3v) is 6.63. The Balaban J connectivity index is 1.72. The number of esters is 2. The normalized spacial score (nSPS) is 48.1. The van der Waals surface area contributed by atoms with Crippen LogP contribution in [0.5, 0.6) is 0 Å². The Morgan fingerprint density at radius 1 is 0.952 bits per heavy atom. The van der Waals surface area contributed by atoms with E-state index in [-0.39, 0.29) is 17.4 Å². The molecule has 4 heteroatoms. The molecule has 1 saturated heterocycles. The van der Waals surface area contributed by atoms with E-state index in [2.05, 4.69) is 6.92 Å². The van der Waals surface area contributed by atoms with E-state index in [1.807, 2.05) is 0 Å². The lowest BCUT2D eigenvalue weighted by Gasteiger charge is -2.62. The molecule has 3 unspecified atom stereocenters. The fraction of sp³-hybridized carbons (Fsp3) is 0.882. The predicted molar refractivity (Wildman–Crippen MR) is 74.9 cm³/mol. The zero-order valence-corrected chi connectivity index (χ0v) is 13.1. The minimum Gasteiger partial charge on any atom is -0.422 e. The summed E-state index contributed by atoms with van der Waals surface area (Å²) in [6.45, 7) is 5.49. The van der Waals surface area contributed by atoms with E-state index in [4.69, 9.17) is 9.47 Å². The highest BCUT2D eigenvalue weighted by Gasteiger charge is 2.64. The van der Waals surface area contributed by atoms with E-state index in [0.717, 1.165) is 12.8 Å². The SMILES string of the molecule is CC1C2CC3CC(C2)CC1(C1C(=O)OC(C)(C)OC1=O)C3. The molecular weight excluding hydrogens is 268 g/mol. The Morgan fingerprint density at radius 2 is 1.48 bits per heavy atom. The largest absolute Gasteiger partial charge is 0.422 e. The van der Waals surface area contributed by atoms with E-state index in [0.29, 0.717) is 23.7 Å². The zero-order chi connectivity index (χ0) is 15.0. The van der Waals surface area contributed by atoms with Gasteiger partial charge in [0.2, 0.25) is 0 Å². The lowest BCUT2D eigenvalue weighted by Crippen LogP contribution is -2.61. The maximum Gasteiger partial charge on any atom is 0.324 e. The molecule has 0 N–H and O–H groups in total. The van der Waals surface area contributed by atoms with Crippen molar-refractivity contribution < 1.29 is 19.1 Å². The average molecular weight is 292 g/mol. The fourth-order valence-corrected chi connectivity index (χ4v) is 6.04. The fourth-order valence-electron chi connectivity index (χ4n) is 6.04. The third-order valence-electron chi connectivity index (χ3n) is 6.63. The standard InChI is InChI=1S/C17H24O4/c1-9-12-5-10-4-11(6-12)8-17(9,7-10)13-14(18)20-16(2,3)21-15(13)19/h9-13H,4-8H2,1-3H3. The van der Waals surface area contributed by atoms with Crippen molar-refractivity contribution in [3.8, 4) is 0 Å². The third kappa shape index (κ3) is 1.80. The smallest absolute Gasteiger partial charge is 0.324 e. The van der Waals surface area contributed by atoms with E-state index < -0.39 is 11.7 Å². The summed E-state index contributed by atoms with van der Waals surface area (Å²) < 4.78 is 10.8. The van der Waals surface area contributed by atoms with Crippen LogP contribution in [0.3, 0.4) is 0 Å². The summed E-state index contributed by atoms with van der Waals surface area (Å²) in [4.78, 5) is 25.1. The highest BCUT2D eigenvalue weighted by Crippen LogP contribution is 2.66. The summed E-state index contributed by atoms with van der Waals surface area (Å²) >= 11 is 0. The molecule has 116 valence electrons.